The fourth-order valence-corrected chi connectivity index (χ4v) is 3.42. The first kappa shape index (κ1) is 15.1. The van der Waals surface area contributed by atoms with E-state index in [4.69, 9.17) is 23.2 Å². The smallest absolute Gasteiger partial charge is 0.127 e. The van der Waals surface area contributed by atoms with E-state index in [2.05, 4.69) is 6.92 Å². The molecule has 0 nitrogen and oxygen atoms in total. The lowest BCUT2D eigenvalue weighted by Gasteiger charge is -2.30. The molecule has 0 amide bonds. The molecule has 0 bridgehead atoms. The quantitative estimate of drug-likeness (QED) is 0.519. The number of hydrogen-bond donors (Lipinski definition) is 0. The van der Waals surface area contributed by atoms with Gasteiger partial charge in [-0.15, -0.1) is 23.2 Å². The van der Waals surface area contributed by atoms with Gasteiger partial charge in [0.1, 0.15) is 5.82 Å². The molecular formula is C13H17Cl2FS. The summed E-state index contributed by atoms with van der Waals surface area (Å²) in [5.74, 6) is 2.49. The highest BCUT2D eigenvalue weighted by Gasteiger charge is 2.32. The van der Waals surface area contributed by atoms with Crippen LogP contribution in [-0.2, 0) is 5.41 Å². The summed E-state index contributed by atoms with van der Waals surface area (Å²) in [6.07, 6.45) is 0.805. The molecule has 0 aliphatic carbocycles. The van der Waals surface area contributed by atoms with Gasteiger partial charge in [-0.05, 0) is 29.6 Å². The van der Waals surface area contributed by atoms with Gasteiger partial charge in [0, 0.05) is 17.2 Å². The monoisotopic (exact) mass is 294 g/mol. The Labute approximate surface area is 117 Å². The largest absolute Gasteiger partial charge is 0.207 e. The van der Waals surface area contributed by atoms with E-state index < -0.39 is 5.41 Å². The van der Waals surface area contributed by atoms with Crippen LogP contribution in [0.25, 0.3) is 0 Å². The molecule has 0 radical (unpaired) electrons. The topological polar surface area (TPSA) is 0 Å². The number of thioether (sulfide) groups is 1. The lowest BCUT2D eigenvalue weighted by atomic mass is 9.81. The van der Waals surface area contributed by atoms with Crippen LogP contribution in [0.15, 0.2) is 24.3 Å². The van der Waals surface area contributed by atoms with Gasteiger partial charge in [-0.25, -0.2) is 4.39 Å². The molecular weight excluding hydrogens is 278 g/mol. The number of alkyl halides is 2. The Balaban J connectivity index is 2.94. The van der Waals surface area contributed by atoms with E-state index in [9.17, 15) is 4.39 Å². The SMILES string of the molecule is CCSCCC(CCl)(CCl)c1ccccc1F. The van der Waals surface area contributed by atoms with Gasteiger partial charge in [0.05, 0.1) is 0 Å². The average Bonchev–Trinajstić information content (AvgIpc) is 2.36. The van der Waals surface area contributed by atoms with Crippen LogP contribution in [0.3, 0.4) is 0 Å². The van der Waals surface area contributed by atoms with Crippen molar-refractivity contribution >= 4 is 35.0 Å². The number of halogens is 3. The standard InChI is InChI=1S/C13H17Cl2FS/c1-2-17-8-7-13(9-14,10-15)11-5-3-4-6-12(11)16/h3-6H,2,7-10H2,1H3. The summed E-state index contributed by atoms with van der Waals surface area (Å²) >= 11 is 13.9. The minimum Gasteiger partial charge on any atom is -0.207 e. The van der Waals surface area contributed by atoms with Crippen LogP contribution >= 0.6 is 35.0 Å². The van der Waals surface area contributed by atoms with Crippen molar-refractivity contribution in [2.75, 3.05) is 23.3 Å². The van der Waals surface area contributed by atoms with Crippen molar-refractivity contribution in [1.29, 1.82) is 0 Å². The molecule has 1 aromatic rings. The van der Waals surface area contributed by atoms with E-state index >= 15 is 0 Å². The van der Waals surface area contributed by atoms with Crippen molar-refractivity contribution in [2.24, 2.45) is 0 Å². The Morgan fingerprint density at radius 2 is 1.88 bits per heavy atom. The first-order chi connectivity index (χ1) is 8.20. The van der Waals surface area contributed by atoms with E-state index in [0.29, 0.717) is 17.3 Å². The summed E-state index contributed by atoms with van der Waals surface area (Å²) in [7, 11) is 0. The highest BCUT2D eigenvalue weighted by molar-refractivity contribution is 7.99. The van der Waals surface area contributed by atoms with Crippen LogP contribution in [0.1, 0.15) is 18.9 Å². The zero-order valence-electron chi connectivity index (χ0n) is 9.89. The molecule has 0 unspecified atom stereocenters. The second-order valence-electron chi connectivity index (χ2n) is 3.97. The molecule has 0 saturated heterocycles. The summed E-state index contributed by atoms with van der Waals surface area (Å²) in [4.78, 5) is 0. The lowest BCUT2D eigenvalue weighted by molar-refractivity contribution is 0.483. The van der Waals surface area contributed by atoms with Gasteiger partial charge in [-0.1, -0.05) is 25.1 Å². The van der Waals surface area contributed by atoms with Gasteiger partial charge < -0.3 is 0 Å². The van der Waals surface area contributed by atoms with Crippen LogP contribution in [0.4, 0.5) is 4.39 Å². The van der Waals surface area contributed by atoms with Crippen LogP contribution in [0.5, 0.6) is 0 Å². The van der Waals surface area contributed by atoms with Crippen molar-refractivity contribution in [3.8, 4) is 0 Å². The fourth-order valence-electron chi connectivity index (χ4n) is 1.75. The summed E-state index contributed by atoms with van der Waals surface area (Å²) in [6, 6.07) is 6.78. The molecule has 0 atom stereocenters. The Kier molecular flexibility index (Phi) is 6.68. The molecule has 1 aromatic carbocycles. The summed E-state index contributed by atoms with van der Waals surface area (Å²) in [5.41, 5.74) is 0.193. The maximum Gasteiger partial charge on any atom is 0.127 e. The molecule has 0 aromatic heterocycles. The normalized spacial score (nSPS) is 11.8. The van der Waals surface area contributed by atoms with Gasteiger partial charge >= 0.3 is 0 Å². The van der Waals surface area contributed by atoms with E-state index in [1.807, 2.05) is 17.8 Å². The third kappa shape index (κ3) is 3.77. The number of benzene rings is 1. The molecule has 4 heteroatoms. The van der Waals surface area contributed by atoms with Crippen molar-refractivity contribution in [3.05, 3.63) is 35.6 Å². The maximum absolute atomic E-state index is 13.8. The third-order valence-electron chi connectivity index (χ3n) is 2.89. The zero-order chi connectivity index (χ0) is 12.7. The van der Waals surface area contributed by atoms with Crippen LogP contribution in [0, 0.1) is 5.82 Å². The maximum atomic E-state index is 13.8. The molecule has 0 heterocycles. The highest BCUT2D eigenvalue weighted by Crippen LogP contribution is 2.34. The Morgan fingerprint density at radius 1 is 1.24 bits per heavy atom. The minimum absolute atomic E-state index is 0.213. The Morgan fingerprint density at radius 3 is 2.41 bits per heavy atom. The molecule has 96 valence electrons. The second-order valence-corrected chi connectivity index (χ2v) is 5.90. The van der Waals surface area contributed by atoms with Gasteiger partial charge in [0.25, 0.3) is 0 Å². The lowest BCUT2D eigenvalue weighted by Crippen LogP contribution is -2.32. The van der Waals surface area contributed by atoms with Crippen LogP contribution in [0.2, 0.25) is 0 Å². The second kappa shape index (κ2) is 7.50. The van der Waals surface area contributed by atoms with Gasteiger partial charge in [0.2, 0.25) is 0 Å². The Hall–Kier alpha value is 0.0800. The Bertz CT molecular complexity index is 340. The molecule has 1 rings (SSSR count). The van der Waals surface area contributed by atoms with Crippen LogP contribution in [-0.4, -0.2) is 23.3 Å². The van der Waals surface area contributed by atoms with Crippen molar-refractivity contribution in [1.82, 2.24) is 0 Å². The van der Waals surface area contributed by atoms with Crippen molar-refractivity contribution < 1.29 is 4.39 Å². The first-order valence-electron chi connectivity index (χ1n) is 5.65. The van der Waals surface area contributed by atoms with E-state index in [1.54, 1.807) is 12.1 Å². The number of rotatable bonds is 7. The highest BCUT2D eigenvalue weighted by atomic mass is 35.5. The minimum atomic E-state index is -0.448. The zero-order valence-corrected chi connectivity index (χ0v) is 12.2. The van der Waals surface area contributed by atoms with Crippen LogP contribution < -0.4 is 0 Å². The average molecular weight is 295 g/mol. The summed E-state index contributed by atoms with van der Waals surface area (Å²) in [6.45, 7) is 2.11. The summed E-state index contributed by atoms with van der Waals surface area (Å²) < 4.78 is 13.8. The van der Waals surface area contributed by atoms with Gasteiger partial charge in [-0.2, -0.15) is 11.8 Å². The van der Waals surface area contributed by atoms with Gasteiger partial charge in [-0.3, -0.25) is 0 Å². The fraction of sp³-hybridized carbons (Fsp3) is 0.538. The van der Waals surface area contributed by atoms with Gasteiger partial charge in [0.15, 0.2) is 0 Å². The predicted molar refractivity (Wildman–Crippen MR) is 77.1 cm³/mol. The van der Waals surface area contributed by atoms with E-state index in [-0.39, 0.29) is 5.82 Å². The molecule has 17 heavy (non-hydrogen) atoms. The number of hydrogen-bond acceptors (Lipinski definition) is 1. The van der Waals surface area contributed by atoms with E-state index in [1.165, 1.54) is 6.07 Å². The molecule has 0 aliphatic heterocycles. The first-order valence-corrected chi connectivity index (χ1v) is 7.87. The molecule has 0 N–H and O–H groups in total. The van der Waals surface area contributed by atoms with E-state index in [0.717, 1.165) is 17.9 Å². The van der Waals surface area contributed by atoms with Crippen molar-refractivity contribution in [3.63, 3.8) is 0 Å². The molecule has 0 spiro atoms. The summed E-state index contributed by atoms with van der Waals surface area (Å²) in [5, 5.41) is 0. The molecule has 0 fully saturated rings. The third-order valence-corrected chi connectivity index (χ3v) is 4.81. The van der Waals surface area contributed by atoms with Crippen molar-refractivity contribution in [2.45, 2.75) is 18.8 Å². The molecule has 0 saturated carbocycles. The molecule has 0 aliphatic rings. The predicted octanol–water partition coefficient (Wildman–Crippen LogP) is 4.68.